The minimum atomic E-state index is -1.08. The number of halogens is 1. The van der Waals surface area contributed by atoms with Crippen LogP contribution in [-0.4, -0.2) is 34.9 Å². The zero-order valence-electron chi connectivity index (χ0n) is 15.7. The Balaban J connectivity index is 1.86. The first kappa shape index (κ1) is 19.3. The lowest BCUT2D eigenvalue weighted by atomic mass is 9.82. The Morgan fingerprint density at radius 1 is 1.30 bits per heavy atom. The molecule has 141 valence electrons. The van der Waals surface area contributed by atoms with Crippen LogP contribution in [0.4, 0.5) is 15.0 Å². The summed E-state index contributed by atoms with van der Waals surface area (Å²) in [4.78, 5) is 18.1. The first-order chi connectivity index (χ1) is 12.6. The molecule has 2 heterocycles. The lowest BCUT2D eigenvalue weighted by molar-refractivity contribution is -0.0893. The maximum atomic E-state index is 13.4. The third kappa shape index (κ3) is 3.96. The highest BCUT2D eigenvalue weighted by atomic mass is 19.1. The van der Waals surface area contributed by atoms with Gasteiger partial charge in [-0.15, -0.1) is 0 Å². The van der Waals surface area contributed by atoms with Crippen molar-refractivity contribution in [2.75, 3.05) is 4.90 Å². The molecule has 1 aromatic carbocycles. The third-order valence-corrected chi connectivity index (χ3v) is 4.80. The third-order valence-electron chi connectivity index (χ3n) is 4.80. The minimum absolute atomic E-state index is 0.196. The fourth-order valence-electron chi connectivity index (χ4n) is 2.38. The van der Waals surface area contributed by atoms with E-state index in [2.05, 4.69) is 4.98 Å². The number of carbonyl (C=O) groups is 1. The predicted molar refractivity (Wildman–Crippen MR) is 99.7 cm³/mol. The Hall–Kier alpha value is -2.45. The number of anilines is 1. The molecule has 0 aliphatic carbocycles. The molecule has 3 rings (SSSR count). The molecule has 1 amide bonds. The largest absolute Gasteiger partial charge is 0.426 e. The van der Waals surface area contributed by atoms with Crippen LogP contribution in [0, 0.1) is 5.82 Å². The summed E-state index contributed by atoms with van der Waals surface area (Å²) in [6.07, 6.45) is 0.907. The summed E-state index contributed by atoms with van der Waals surface area (Å²) >= 11 is 0. The Labute approximate surface area is 158 Å². The highest BCUT2D eigenvalue weighted by Gasteiger charge is 2.36. The van der Waals surface area contributed by atoms with Gasteiger partial charge >= 0.3 is 13.6 Å². The van der Waals surface area contributed by atoms with Crippen molar-refractivity contribution in [1.29, 1.82) is 0 Å². The number of nitrogens with zero attached hydrogens (tertiary/aromatic N) is 2. The van der Waals surface area contributed by atoms with Crippen molar-refractivity contribution in [3.63, 3.8) is 0 Å². The summed E-state index contributed by atoms with van der Waals surface area (Å²) in [5, 5.41) is 10.2. The second-order valence-electron chi connectivity index (χ2n) is 7.43. The van der Waals surface area contributed by atoms with Crippen LogP contribution in [0.25, 0.3) is 0 Å². The maximum absolute atomic E-state index is 13.4. The lowest BCUT2D eigenvalue weighted by Crippen LogP contribution is -2.50. The quantitative estimate of drug-likeness (QED) is 0.818. The van der Waals surface area contributed by atoms with E-state index in [0.29, 0.717) is 16.8 Å². The van der Waals surface area contributed by atoms with Crippen LogP contribution in [0.2, 0.25) is 0 Å². The molecule has 27 heavy (non-hydrogen) atoms. The smallest absolute Gasteiger partial charge is 0.421 e. The van der Waals surface area contributed by atoms with Crippen LogP contribution >= 0.6 is 0 Å². The van der Waals surface area contributed by atoms with E-state index in [4.69, 9.17) is 9.39 Å². The number of aromatic nitrogens is 1. The first-order valence-electron chi connectivity index (χ1n) is 8.55. The summed E-state index contributed by atoms with van der Waals surface area (Å²) in [5.41, 5.74) is -0.728. The molecule has 0 unspecified atom stereocenters. The van der Waals surface area contributed by atoms with Gasteiger partial charge in [0.25, 0.3) is 0 Å². The van der Waals surface area contributed by atoms with Crippen LogP contribution < -0.4 is 15.1 Å². The van der Waals surface area contributed by atoms with Crippen molar-refractivity contribution in [2.24, 2.45) is 0 Å². The number of ether oxygens (including phenoxy) is 1. The van der Waals surface area contributed by atoms with Gasteiger partial charge in [-0.2, -0.15) is 0 Å². The molecule has 0 bridgehead atoms. The molecule has 1 aliphatic heterocycles. The fraction of sp³-hybridized carbons (Fsp3) is 0.368. The summed E-state index contributed by atoms with van der Waals surface area (Å²) in [5.74, 6) is 0.0882. The minimum Gasteiger partial charge on any atom is -0.426 e. The van der Waals surface area contributed by atoms with E-state index in [0.717, 1.165) is 0 Å². The maximum Gasteiger partial charge on any atom is 0.421 e. The highest BCUT2D eigenvalue weighted by molar-refractivity contribution is 6.49. The van der Waals surface area contributed by atoms with Crippen LogP contribution in [0.15, 0.2) is 36.5 Å². The first-order valence-corrected chi connectivity index (χ1v) is 8.55. The van der Waals surface area contributed by atoms with Gasteiger partial charge < -0.3 is 14.5 Å². The van der Waals surface area contributed by atoms with Gasteiger partial charge in [-0.05, 0) is 45.3 Å². The van der Waals surface area contributed by atoms with Gasteiger partial charge in [0.15, 0.2) is 0 Å². The molecule has 0 fully saturated rings. The van der Waals surface area contributed by atoms with Gasteiger partial charge in [0.2, 0.25) is 0 Å². The zero-order chi connectivity index (χ0) is 19.8. The SMILES string of the molecule is CC(C)(O)C(C)(C)O[B]c1cccnc1N1Cc2ccc(F)cc2OC1=O. The number of pyridine rings is 1. The van der Waals surface area contributed by atoms with Crippen LogP contribution in [0.5, 0.6) is 5.75 Å². The Kier molecular flexibility index (Phi) is 4.97. The van der Waals surface area contributed by atoms with Crippen LogP contribution in [0.3, 0.4) is 0 Å². The van der Waals surface area contributed by atoms with Crippen molar-refractivity contribution in [2.45, 2.75) is 45.4 Å². The molecular formula is C19H21BFN2O4. The average molecular weight is 371 g/mol. The number of benzene rings is 1. The molecule has 1 aliphatic rings. The monoisotopic (exact) mass is 371 g/mol. The van der Waals surface area contributed by atoms with E-state index in [1.807, 2.05) is 0 Å². The molecule has 1 aromatic heterocycles. The highest BCUT2D eigenvalue weighted by Crippen LogP contribution is 2.29. The molecule has 0 saturated heterocycles. The molecule has 2 aromatic rings. The molecule has 1 N–H and O–H groups in total. The number of hydrogen-bond acceptors (Lipinski definition) is 5. The van der Waals surface area contributed by atoms with Crippen molar-refractivity contribution in [1.82, 2.24) is 4.98 Å². The second-order valence-corrected chi connectivity index (χ2v) is 7.43. The van der Waals surface area contributed by atoms with E-state index in [9.17, 15) is 14.3 Å². The summed E-state index contributed by atoms with van der Waals surface area (Å²) in [6.45, 7) is 7.03. The van der Waals surface area contributed by atoms with Crippen LogP contribution in [-0.2, 0) is 11.2 Å². The van der Waals surface area contributed by atoms with Gasteiger partial charge in [0, 0.05) is 17.8 Å². The molecule has 1 radical (unpaired) electrons. The molecule has 8 heteroatoms. The second kappa shape index (κ2) is 6.94. The number of rotatable bonds is 5. The van der Waals surface area contributed by atoms with Gasteiger partial charge in [0.05, 0.1) is 17.7 Å². The Morgan fingerprint density at radius 2 is 2.04 bits per heavy atom. The normalized spacial score (nSPS) is 14.6. The standard InChI is InChI=1S/C19H21BFN2O4/c1-18(2,25)19(3,4)27-20-14-6-5-9-22-16(14)23-11-12-7-8-13(21)10-15(12)26-17(23)24/h5-10,25H,11H2,1-4H3. The summed E-state index contributed by atoms with van der Waals surface area (Å²) < 4.78 is 24.4. The van der Waals surface area contributed by atoms with E-state index >= 15 is 0 Å². The fourth-order valence-corrected chi connectivity index (χ4v) is 2.38. The van der Waals surface area contributed by atoms with Gasteiger partial charge in [0.1, 0.15) is 17.4 Å². The topological polar surface area (TPSA) is 71.9 Å². The molecule has 0 saturated carbocycles. The van der Waals surface area contributed by atoms with Crippen LogP contribution in [0.1, 0.15) is 33.3 Å². The van der Waals surface area contributed by atoms with Crippen molar-refractivity contribution < 1.29 is 23.7 Å². The number of carbonyl (C=O) groups excluding carboxylic acids is 1. The van der Waals surface area contributed by atoms with Gasteiger partial charge in [-0.3, -0.25) is 4.90 Å². The number of amides is 1. The van der Waals surface area contributed by atoms with Crippen molar-refractivity contribution in [3.8, 4) is 5.75 Å². The number of hydrogen-bond donors (Lipinski definition) is 1. The van der Waals surface area contributed by atoms with E-state index in [1.54, 1.807) is 52.1 Å². The van der Waals surface area contributed by atoms with Crippen molar-refractivity contribution >= 4 is 24.9 Å². The van der Waals surface area contributed by atoms with Gasteiger partial charge in [-0.1, -0.05) is 12.1 Å². The van der Waals surface area contributed by atoms with Crippen molar-refractivity contribution in [3.05, 3.63) is 47.9 Å². The van der Waals surface area contributed by atoms with E-state index in [-0.39, 0.29) is 12.3 Å². The lowest BCUT2D eigenvalue weighted by Gasteiger charge is -2.37. The molecular weight excluding hydrogens is 350 g/mol. The number of aliphatic hydroxyl groups is 1. The molecule has 0 spiro atoms. The molecule has 6 nitrogen and oxygen atoms in total. The average Bonchev–Trinajstić information content (AvgIpc) is 2.59. The number of fused-ring (bicyclic) bond motifs is 1. The van der Waals surface area contributed by atoms with E-state index in [1.165, 1.54) is 24.5 Å². The summed E-state index contributed by atoms with van der Waals surface area (Å²) in [7, 11) is 1.47. The van der Waals surface area contributed by atoms with Gasteiger partial charge in [-0.25, -0.2) is 14.2 Å². The molecule has 0 atom stereocenters. The summed E-state index contributed by atoms with van der Waals surface area (Å²) in [6, 6.07) is 7.54. The zero-order valence-corrected chi connectivity index (χ0v) is 15.7. The predicted octanol–water partition coefficient (Wildman–Crippen LogP) is 2.55. The van der Waals surface area contributed by atoms with E-state index < -0.39 is 23.1 Å². The Morgan fingerprint density at radius 3 is 2.74 bits per heavy atom. The Bertz CT molecular complexity index is 867.